The molecule has 1 unspecified atom stereocenters. The summed E-state index contributed by atoms with van der Waals surface area (Å²) in [7, 11) is 0. The van der Waals surface area contributed by atoms with Gasteiger partial charge in [-0.2, -0.15) is 0 Å². The van der Waals surface area contributed by atoms with Crippen LogP contribution in [-0.2, 0) is 6.54 Å². The average molecular weight is 333 g/mol. The van der Waals surface area contributed by atoms with Crippen molar-refractivity contribution in [3.8, 4) is 0 Å². The molecule has 0 saturated carbocycles. The number of hydrogen-bond acceptors (Lipinski definition) is 3. The Bertz CT molecular complexity index is 891. The van der Waals surface area contributed by atoms with Crippen LogP contribution in [0.15, 0.2) is 77.9 Å². The maximum Gasteiger partial charge on any atom is 0.260 e. The Labute approximate surface area is 146 Å². The van der Waals surface area contributed by atoms with Crippen LogP contribution < -0.4 is 5.56 Å². The van der Waals surface area contributed by atoms with Crippen LogP contribution in [0.25, 0.3) is 0 Å². The van der Waals surface area contributed by atoms with Gasteiger partial charge in [-0.25, -0.2) is 0 Å². The van der Waals surface area contributed by atoms with Gasteiger partial charge < -0.3 is 9.88 Å². The van der Waals surface area contributed by atoms with Crippen molar-refractivity contribution >= 4 is 5.91 Å². The summed E-state index contributed by atoms with van der Waals surface area (Å²) in [5.41, 5.74) is 1.50. The Morgan fingerprint density at radius 1 is 1.08 bits per heavy atom. The number of amides is 1. The molecule has 3 aromatic rings. The number of nitrogens with zero attached hydrogens (tertiary/aromatic N) is 2. The predicted molar refractivity (Wildman–Crippen MR) is 96.0 cm³/mol. The first-order chi connectivity index (χ1) is 12.2. The normalized spacial score (nSPS) is 11.7. The molecule has 0 aliphatic rings. The fourth-order valence-electron chi connectivity index (χ4n) is 2.69. The molecule has 2 aromatic heterocycles. The molecule has 2 heterocycles. The van der Waals surface area contributed by atoms with Crippen molar-refractivity contribution in [1.82, 2.24) is 14.9 Å². The minimum Gasteiger partial charge on any atom is -0.328 e. The number of benzene rings is 1. The number of nitrogens with one attached hydrogen (secondary N) is 1. The van der Waals surface area contributed by atoms with Crippen molar-refractivity contribution in [3.63, 3.8) is 0 Å². The Hall–Kier alpha value is -3.21. The van der Waals surface area contributed by atoms with Gasteiger partial charge >= 0.3 is 0 Å². The number of carbonyl (C=O) groups excluding carboxylic acids is 1. The number of aromatic nitrogens is 2. The molecule has 1 aromatic carbocycles. The lowest BCUT2D eigenvalue weighted by Gasteiger charge is -2.29. The van der Waals surface area contributed by atoms with E-state index in [4.69, 9.17) is 0 Å². The molecule has 5 nitrogen and oxygen atoms in total. The second kappa shape index (κ2) is 7.57. The number of carbonyl (C=O) groups is 1. The van der Waals surface area contributed by atoms with Gasteiger partial charge in [-0.1, -0.05) is 36.4 Å². The Balaban J connectivity index is 1.98. The van der Waals surface area contributed by atoms with E-state index in [0.29, 0.717) is 6.54 Å². The average Bonchev–Trinajstić information content (AvgIpc) is 2.67. The van der Waals surface area contributed by atoms with Gasteiger partial charge in [-0.05, 0) is 36.8 Å². The van der Waals surface area contributed by atoms with E-state index in [1.54, 1.807) is 23.2 Å². The van der Waals surface area contributed by atoms with E-state index in [2.05, 4.69) is 9.97 Å². The molecular weight excluding hydrogens is 314 g/mol. The van der Waals surface area contributed by atoms with E-state index in [-0.39, 0.29) is 17.5 Å². The Morgan fingerprint density at radius 3 is 2.52 bits per heavy atom. The topological polar surface area (TPSA) is 66.1 Å². The van der Waals surface area contributed by atoms with E-state index in [9.17, 15) is 9.59 Å². The number of pyridine rings is 2. The van der Waals surface area contributed by atoms with Crippen LogP contribution in [0.4, 0.5) is 0 Å². The molecule has 0 bridgehead atoms. The molecule has 0 aliphatic heterocycles. The maximum absolute atomic E-state index is 13.1. The molecule has 126 valence electrons. The van der Waals surface area contributed by atoms with Crippen molar-refractivity contribution in [2.45, 2.75) is 19.5 Å². The highest BCUT2D eigenvalue weighted by Gasteiger charge is 2.25. The molecule has 1 atom stereocenters. The quantitative estimate of drug-likeness (QED) is 0.780. The predicted octanol–water partition coefficient (Wildman–Crippen LogP) is 3.17. The molecule has 0 radical (unpaired) electrons. The molecule has 25 heavy (non-hydrogen) atoms. The van der Waals surface area contributed by atoms with Crippen molar-refractivity contribution in [2.24, 2.45) is 0 Å². The smallest absolute Gasteiger partial charge is 0.260 e. The third kappa shape index (κ3) is 3.83. The lowest BCUT2D eigenvalue weighted by molar-refractivity contribution is 0.0668. The third-order valence-electron chi connectivity index (χ3n) is 4.09. The standard InChI is InChI=1S/C20H19N3O2/c1-15(18-11-5-6-12-21-18)23(14-16-8-3-2-4-9-16)20(25)17-10-7-13-22-19(17)24/h2-13,15H,14H2,1H3,(H,22,24). The lowest BCUT2D eigenvalue weighted by Crippen LogP contribution is -2.36. The molecule has 0 saturated heterocycles. The van der Waals surface area contributed by atoms with E-state index >= 15 is 0 Å². The summed E-state index contributed by atoms with van der Waals surface area (Å²) in [6.45, 7) is 2.31. The van der Waals surface area contributed by atoms with Crippen molar-refractivity contribution in [1.29, 1.82) is 0 Å². The van der Waals surface area contributed by atoms with Gasteiger partial charge in [0.05, 0.1) is 11.7 Å². The van der Waals surface area contributed by atoms with Crippen LogP contribution in [0.1, 0.15) is 34.6 Å². The maximum atomic E-state index is 13.1. The fraction of sp³-hybridized carbons (Fsp3) is 0.150. The summed E-state index contributed by atoms with van der Waals surface area (Å²) < 4.78 is 0. The van der Waals surface area contributed by atoms with Gasteiger partial charge in [-0.15, -0.1) is 0 Å². The van der Waals surface area contributed by atoms with Gasteiger partial charge in [-0.3, -0.25) is 14.6 Å². The molecule has 0 spiro atoms. The van der Waals surface area contributed by atoms with Gasteiger partial charge in [0.2, 0.25) is 0 Å². The number of aromatic amines is 1. The summed E-state index contributed by atoms with van der Waals surface area (Å²) in [4.78, 5) is 33.7. The van der Waals surface area contributed by atoms with Crippen molar-refractivity contribution in [2.75, 3.05) is 0 Å². The highest BCUT2D eigenvalue weighted by Crippen LogP contribution is 2.22. The minimum atomic E-state index is -0.390. The zero-order chi connectivity index (χ0) is 17.6. The first kappa shape index (κ1) is 16.6. The second-order valence-electron chi connectivity index (χ2n) is 5.76. The Morgan fingerprint density at radius 2 is 1.84 bits per heavy atom. The lowest BCUT2D eigenvalue weighted by atomic mass is 10.1. The monoisotopic (exact) mass is 333 g/mol. The zero-order valence-electron chi connectivity index (χ0n) is 13.9. The SMILES string of the molecule is CC(c1ccccn1)N(Cc1ccccc1)C(=O)c1ccc[nH]c1=O. The van der Waals surface area contributed by atoms with Gasteiger partial charge in [0.15, 0.2) is 0 Å². The van der Waals surface area contributed by atoms with E-state index in [0.717, 1.165) is 11.3 Å². The number of H-pyrrole nitrogens is 1. The van der Waals surface area contributed by atoms with Gasteiger partial charge in [0.1, 0.15) is 5.56 Å². The second-order valence-corrected chi connectivity index (χ2v) is 5.76. The molecular formula is C20H19N3O2. The summed E-state index contributed by atoms with van der Waals surface area (Å²) in [6.07, 6.45) is 3.22. The molecule has 5 heteroatoms. The van der Waals surface area contributed by atoms with Crippen LogP contribution in [0, 0.1) is 0 Å². The fourth-order valence-corrected chi connectivity index (χ4v) is 2.69. The molecule has 0 fully saturated rings. The van der Waals surface area contributed by atoms with Gasteiger partial charge in [0.25, 0.3) is 11.5 Å². The van der Waals surface area contributed by atoms with Crippen LogP contribution in [0.5, 0.6) is 0 Å². The van der Waals surface area contributed by atoms with Crippen LogP contribution in [0.2, 0.25) is 0 Å². The van der Waals surface area contributed by atoms with E-state index in [1.165, 1.54) is 6.20 Å². The van der Waals surface area contributed by atoms with Crippen LogP contribution in [0.3, 0.4) is 0 Å². The van der Waals surface area contributed by atoms with Crippen molar-refractivity contribution < 1.29 is 4.79 Å². The summed E-state index contributed by atoms with van der Waals surface area (Å²) in [6, 6.07) is 18.2. The zero-order valence-corrected chi connectivity index (χ0v) is 13.9. The largest absolute Gasteiger partial charge is 0.328 e. The van der Waals surface area contributed by atoms with E-state index < -0.39 is 5.56 Å². The number of hydrogen-bond donors (Lipinski definition) is 1. The molecule has 1 N–H and O–H groups in total. The first-order valence-corrected chi connectivity index (χ1v) is 8.10. The highest BCUT2D eigenvalue weighted by molar-refractivity contribution is 5.94. The Kier molecular flexibility index (Phi) is 5.04. The third-order valence-corrected chi connectivity index (χ3v) is 4.09. The van der Waals surface area contributed by atoms with Crippen LogP contribution in [-0.4, -0.2) is 20.8 Å². The minimum absolute atomic E-state index is 0.126. The van der Waals surface area contributed by atoms with Crippen molar-refractivity contribution in [3.05, 3.63) is 100 Å². The van der Waals surface area contributed by atoms with Gasteiger partial charge in [0, 0.05) is 18.9 Å². The summed E-state index contributed by atoms with van der Waals surface area (Å²) >= 11 is 0. The molecule has 0 aliphatic carbocycles. The number of rotatable bonds is 5. The highest BCUT2D eigenvalue weighted by atomic mass is 16.2. The molecule has 1 amide bonds. The molecule has 3 rings (SSSR count). The first-order valence-electron chi connectivity index (χ1n) is 8.10. The van der Waals surface area contributed by atoms with E-state index in [1.807, 2.05) is 55.5 Å². The van der Waals surface area contributed by atoms with Crippen LogP contribution >= 0.6 is 0 Å². The summed E-state index contributed by atoms with van der Waals surface area (Å²) in [5.74, 6) is -0.316. The summed E-state index contributed by atoms with van der Waals surface area (Å²) in [5, 5.41) is 0.